The lowest BCUT2D eigenvalue weighted by atomic mass is 9.98. The highest BCUT2D eigenvalue weighted by Crippen LogP contribution is 2.28. The first kappa shape index (κ1) is 18.4. The second kappa shape index (κ2) is 7.56. The maximum Gasteiger partial charge on any atom is 0.272 e. The average molecular weight is 376 g/mol. The number of nitrogens with one attached hydrogen (secondary N) is 2. The quantitative estimate of drug-likeness (QED) is 0.860. The molecule has 2 aromatic carbocycles. The van der Waals surface area contributed by atoms with Crippen molar-refractivity contribution in [1.29, 1.82) is 0 Å². The molecule has 144 valence electrons. The minimum absolute atomic E-state index is 0.0193. The normalized spacial score (nSPS) is 18.6. The fraction of sp³-hybridized carbons (Fsp3) is 0.318. The molecule has 2 aliphatic heterocycles. The second-order valence-electron chi connectivity index (χ2n) is 7.45. The van der Waals surface area contributed by atoms with Gasteiger partial charge in [0.25, 0.3) is 5.91 Å². The number of amides is 2. The zero-order valence-electron chi connectivity index (χ0n) is 15.9. The lowest BCUT2D eigenvalue weighted by Crippen LogP contribution is -2.52. The van der Waals surface area contributed by atoms with Crippen LogP contribution < -0.4 is 10.6 Å². The van der Waals surface area contributed by atoms with Crippen LogP contribution in [0.15, 0.2) is 59.6 Å². The van der Waals surface area contributed by atoms with Crippen molar-refractivity contribution in [3.05, 3.63) is 65.7 Å². The van der Waals surface area contributed by atoms with Crippen LogP contribution in [-0.4, -0.2) is 47.7 Å². The molecule has 1 fully saturated rings. The molecule has 0 radical (unpaired) electrons. The molecule has 1 saturated heterocycles. The number of anilines is 1. The van der Waals surface area contributed by atoms with Gasteiger partial charge < -0.3 is 10.6 Å². The lowest BCUT2D eigenvalue weighted by molar-refractivity contribution is -0.119. The summed E-state index contributed by atoms with van der Waals surface area (Å²) in [6.07, 6.45) is 1.40. The summed E-state index contributed by atoms with van der Waals surface area (Å²) in [5, 5.41) is 6.05. The van der Waals surface area contributed by atoms with Crippen molar-refractivity contribution in [2.45, 2.75) is 25.4 Å². The van der Waals surface area contributed by atoms with E-state index in [1.54, 1.807) is 0 Å². The minimum Gasteiger partial charge on any atom is -0.326 e. The minimum atomic E-state index is -0.536. The third-order valence-corrected chi connectivity index (χ3v) is 5.40. The molecule has 0 bridgehead atoms. The van der Waals surface area contributed by atoms with Crippen LogP contribution in [0, 0.1) is 6.92 Å². The average Bonchev–Trinajstić information content (AvgIpc) is 3.02. The molecule has 0 saturated carbocycles. The number of aliphatic imine (C=N–C) groups is 1. The van der Waals surface area contributed by atoms with Crippen LogP contribution in [0.25, 0.3) is 0 Å². The summed E-state index contributed by atoms with van der Waals surface area (Å²) in [6, 6.07) is 17.3. The molecule has 6 heteroatoms. The summed E-state index contributed by atoms with van der Waals surface area (Å²) >= 11 is 0. The Morgan fingerprint density at radius 1 is 1.11 bits per heavy atom. The molecule has 2 amide bonds. The van der Waals surface area contributed by atoms with E-state index in [-0.39, 0.29) is 11.8 Å². The van der Waals surface area contributed by atoms with Crippen LogP contribution in [-0.2, 0) is 9.59 Å². The summed E-state index contributed by atoms with van der Waals surface area (Å²) in [5.74, 6) is -0.133. The first-order valence-corrected chi connectivity index (χ1v) is 9.60. The first-order valence-electron chi connectivity index (χ1n) is 9.60. The second-order valence-corrected chi connectivity index (χ2v) is 7.45. The van der Waals surface area contributed by atoms with Gasteiger partial charge in [-0.1, -0.05) is 48.5 Å². The first-order chi connectivity index (χ1) is 13.5. The van der Waals surface area contributed by atoms with Crippen molar-refractivity contribution in [3.8, 4) is 0 Å². The van der Waals surface area contributed by atoms with Crippen molar-refractivity contribution in [2.75, 3.05) is 25.0 Å². The molecule has 4 rings (SSSR count). The summed E-state index contributed by atoms with van der Waals surface area (Å²) in [7, 11) is 0. The zero-order valence-corrected chi connectivity index (χ0v) is 15.9. The van der Waals surface area contributed by atoms with E-state index in [0.29, 0.717) is 38.2 Å². The summed E-state index contributed by atoms with van der Waals surface area (Å²) in [6.45, 7) is 3.75. The molecular weight excluding hydrogens is 352 g/mol. The van der Waals surface area contributed by atoms with Gasteiger partial charge in [0.1, 0.15) is 11.4 Å². The Morgan fingerprint density at radius 3 is 2.50 bits per heavy atom. The third kappa shape index (κ3) is 3.82. The van der Waals surface area contributed by atoms with E-state index in [4.69, 9.17) is 4.99 Å². The highest BCUT2D eigenvalue weighted by Gasteiger charge is 2.42. The molecule has 2 heterocycles. The van der Waals surface area contributed by atoms with E-state index >= 15 is 0 Å². The van der Waals surface area contributed by atoms with Gasteiger partial charge in [-0.3, -0.25) is 19.5 Å². The predicted octanol–water partition coefficient (Wildman–Crippen LogP) is 2.34. The van der Waals surface area contributed by atoms with Crippen LogP contribution in [0.2, 0.25) is 0 Å². The molecule has 1 spiro atoms. The predicted molar refractivity (Wildman–Crippen MR) is 109 cm³/mol. The molecule has 6 nitrogen and oxygen atoms in total. The van der Waals surface area contributed by atoms with Gasteiger partial charge in [-0.15, -0.1) is 0 Å². The number of hydrogen-bond acceptors (Lipinski definition) is 4. The molecule has 2 aliphatic rings. The van der Waals surface area contributed by atoms with Gasteiger partial charge in [-0.25, -0.2) is 0 Å². The topological polar surface area (TPSA) is 73.8 Å². The number of hydrogen-bond donors (Lipinski definition) is 2. The van der Waals surface area contributed by atoms with Crippen LogP contribution in [0.3, 0.4) is 0 Å². The summed E-state index contributed by atoms with van der Waals surface area (Å²) in [5.41, 5.74) is 2.71. The van der Waals surface area contributed by atoms with Crippen molar-refractivity contribution in [1.82, 2.24) is 10.2 Å². The fourth-order valence-electron chi connectivity index (χ4n) is 3.78. The smallest absolute Gasteiger partial charge is 0.272 e. The number of carbonyl (C=O) groups excluding carboxylic acids is 2. The SMILES string of the molecule is Cc1ccccc1NC(=O)CN1CCC2(CC1)N=C(c1ccccc1)C(=O)N2. The van der Waals surface area contributed by atoms with Gasteiger partial charge in [0.15, 0.2) is 0 Å². The van der Waals surface area contributed by atoms with E-state index in [9.17, 15) is 9.59 Å². The molecule has 0 aromatic heterocycles. The molecule has 0 atom stereocenters. The Hall–Kier alpha value is -2.99. The number of piperidine rings is 1. The van der Waals surface area contributed by atoms with E-state index < -0.39 is 5.66 Å². The van der Waals surface area contributed by atoms with Gasteiger partial charge >= 0.3 is 0 Å². The summed E-state index contributed by atoms with van der Waals surface area (Å²) in [4.78, 5) is 31.7. The molecule has 2 N–H and O–H groups in total. The highest BCUT2D eigenvalue weighted by molar-refractivity contribution is 6.46. The Kier molecular flexibility index (Phi) is 4.96. The number of para-hydroxylation sites is 1. The monoisotopic (exact) mass is 376 g/mol. The number of aryl methyl sites for hydroxylation is 1. The van der Waals surface area contributed by atoms with E-state index in [2.05, 4.69) is 15.5 Å². The maximum atomic E-state index is 12.4. The molecule has 2 aromatic rings. The Labute approximate surface area is 164 Å². The Balaban J connectivity index is 1.36. The summed E-state index contributed by atoms with van der Waals surface area (Å²) < 4.78 is 0. The fourth-order valence-corrected chi connectivity index (χ4v) is 3.78. The number of carbonyl (C=O) groups is 2. The Bertz CT molecular complexity index is 915. The van der Waals surface area contributed by atoms with E-state index in [1.807, 2.05) is 61.5 Å². The molecule has 28 heavy (non-hydrogen) atoms. The van der Waals surface area contributed by atoms with Crippen molar-refractivity contribution in [3.63, 3.8) is 0 Å². The molecule has 0 unspecified atom stereocenters. The number of rotatable bonds is 4. The zero-order chi connectivity index (χ0) is 19.6. The molecular formula is C22H24N4O2. The highest BCUT2D eigenvalue weighted by atomic mass is 16.2. The molecule has 0 aliphatic carbocycles. The Morgan fingerprint density at radius 2 is 1.79 bits per heavy atom. The van der Waals surface area contributed by atoms with Crippen LogP contribution >= 0.6 is 0 Å². The van der Waals surface area contributed by atoms with Gasteiger partial charge in [-0.05, 0) is 18.6 Å². The van der Waals surface area contributed by atoms with Gasteiger partial charge in [0.05, 0.1) is 6.54 Å². The maximum absolute atomic E-state index is 12.4. The number of nitrogens with zero attached hydrogens (tertiary/aromatic N) is 2. The van der Waals surface area contributed by atoms with E-state index in [0.717, 1.165) is 16.8 Å². The van der Waals surface area contributed by atoms with Gasteiger partial charge in [0.2, 0.25) is 5.91 Å². The van der Waals surface area contributed by atoms with Crippen molar-refractivity contribution < 1.29 is 9.59 Å². The van der Waals surface area contributed by atoms with E-state index in [1.165, 1.54) is 0 Å². The van der Waals surface area contributed by atoms with Crippen molar-refractivity contribution in [2.24, 2.45) is 4.99 Å². The largest absolute Gasteiger partial charge is 0.326 e. The van der Waals surface area contributed by atoms with Gasteiger partial charge in [-0.2, -0.15) is 0 Å². The lowest BCUT2D eigenvalue weighted by Gasteiger charge is -2.36. The number of likely N-dealkylation sites (tertiary alicyclic amines) is 1. The van der Waals surface area contributed by atoms with Crippen molar-refractivity contribution >= 4 is 23.2 Å². The van der Waals surface area contributed by atoms with Crippen LogP contribution in [0.1, 0.15) is 24.0 Å². The van der Waals surface area contributed by atoms with Gasteiger partial charge in [0, 0.05) is 37.2 Å². The third-order valence-electron chi connectivity index (χ3n) is 5.40. The van der Waals surface area contributed by atoms with Crippen LogP contribution in [0.4, 0.5) is 5.69 Å². The van der Waals surface area contributed by atoms with Crippen LogP contribution in [0.5, 0.6) is 0 Å². The standard InChI is InChI=1S/C22H24N4O2/c1-16-7-5-6-10-18(16)23-19(27)15-26-13-11-22(12-14-26)24-20(21(28)25-22)17-8-3-2-4-9-17/h2-10H,11-15H2,1H3,(H,23,27)(H,25,28). The number of benzene rings is 2.